The lowest BCUT2D eigenvalue weighted by atomic mass is 9.70. The molecule has 0 bridgehead atoms. The summed E-state index contributed by atoms with van der Waals surface area (Å²) in [6, 6.07) is 181. The smallest absolute Gasteiger partial charge is 0.0726 e. The van der Waals surface area contributed by atoms with Gasteiger partial charge in [0.2, 0.25) is 0 Å². The van der Waals surface area contributed by atoms with Crippen molar-refractivity contribution in [1.82, 2.24) is 0 Å². The number of anilines is 6. The zero-order chi connectivity index (χ0) is 90.6. The fraction of sp³-hybridized carbons (Fsp3) is 0.0677. The van der Waals surface area contributed by atoms with Crippen LogP contribution < -0.4 is 9.80 Å². The second kappa shape index (κ2) is 33.1. The monoisotopic (exact) mass is 1720 g/mol. The van der Waals surface area contributed by atoms with E-state index in [2.05, 4.69) is 537 Å². The largest absolute Gasteiger partial charge is 0.310 e. The third kappa shape index (κ3) is 13.9. The van der Waals surface area contributed by atoms with Crippen LogP contribution >= 0.6 is 0 Å². The Hall–Kier alpha value is -16.5. The Kier molecular flexibility index (Phi) is 20.0. The van der Waals surface area contributed by atoms with E-state index in [1.54, 1.807) is 0 Å². The minimum Gasteiger partial charge on any atom is -0.310 e. The molecule has 2 heteroatoms. The number of rotatable bonds is 13. The molecule has 0 aliphatic heterocycles. The quantitative estimate of drug-likeness (QED) is 0.106. The summed E-state index contributed by atoms with van der Waals surface area (Å²) in [6.45, 7) is 13.7. The minimum atomic E-state index is -0.462. The van der Waals surface area contributed by atoms with Crippen LogP contribution in [0, 0.1) is 0 Å². The summed E-state index contributed by atoms with van der Waals surface area (Å²) in [7, 11) is 0. The molecule has 0 fully saturated rings. The van der Waals surface area contributed by atoms with Gasteiger partial charge in [-0.25, -0.2) is 0 Å². The summed E-state index contributed by atoms with van der Waals surface area (Å²) < 4.78 is 0. The zero-order valence-electron chi connectivity index (χ0n) is 76.6. The topological polar surface area (TPSA) is 6.48 Å². The molecule has 0 unspecified atom stereocenters. The predicted octanol–water partition coefficient (Wildman–Crippen LogP) is 37.0. The molecule has 0 radical (unpaired) electrons. The van der Waals surface area contributed by atoms with Gasteiger partial charge < -0.3 is 9.80 Å². The maximum absolute atomic E-state index is 2.51. The Bertz CT molecular complexity index is 8480. The lowest BCUT2D eigenvalue weighted by Gasteiger charge is -2.32. The summed E-state index contributed by atoms with van der Waals surface area (Å²) in [6.07, 6.45) is 0. The van der Waals surface area contributed by atoms with Crippen LogP contribution in [0.5, 0.6) is 0 Å². The highest BCUT2D eigenvalue weighted by molar-refractivity contribution is 6.35. The van der Waals surface area contributed by atoms with Crippen molar-refractivity contribution < 1.29 is 0 Å². The summed E-state index contributed by atoms with van der Waals surface area (Å²) in [5, 5.41) is 17.4. The van der Waals surface area contributed by atoms with Crippen molar-refractivity contribution >= 4 is 110 Å². The summed E-state index contributed by atoms with van der Waals surface area (Å²) in [5.74, 6) is 0. The van der Waals surface area contributed by atoms with E-state index in [0.29, 0.717) is 0 Å². The van der Waals surface area contributed by atoms with Gasteiger partial charge in [-0.2, -0.15) is 0 Å². The zero-order valence-corrected chi connectivity index (χ0v) is 76.6. The highest BCUT2D eigenvalue weighted by Gasteiger charge is 2.52. The highest BCUT2D eigenvalue weighted by Crippen LogP contribution is 2.64. The van der Waals surface area contributed by atoms with Crippen LogP contribution in [0.15, 0.2) is 485 Å². The summed E-state index contributed by atoms with van der Waals surface area (Å²) >= 11 is 0. The molecule has 1 spiro atoms. The summed E-state index contributed by atoms with van der Waals surface area (Å²) in [4.78, 5) is 4.92. The predicted molar refractivity (Wildman–Crippen MR) is 577 cm³/mol. The Morgan fingerprint density at radius 3 is 0.867 bits per heavy atom. The van der Waals surface area contributed by atoms with Crippen molar-refractivity contribution in [2.45, 2.75) is 57.8 Å². The molecule has 23 aromatic rings. The SMILES string of the molecule is CC(C)(C)c1ccc(N(c2ccc(-c3ccc4ccccc4c3)cc2)c2ccc3c(c2)c2ccccc2c2c(-c4ccccc4)cc(-c4ccccc4)c(-c4ccccc4)c32)cc1.CC(C)(C)c1ccc(N(c2ccc3c(c2)C2(c4ccccc4-c4ccccc42)c2ccccc2-3)c2ccc3c(c2)c2ccccc2c2c(-c4ccccc4)cc(-c4ccccc4)c(-c4ccccc4)c32)cc1. The molecule has 0 heterocycles. The average molecular weight is 1720 g/mol. The van der Waals surface area contributed by atoms with Crippen LogP contribution in [-0.4, -0.2) is 0 Å². The number of hydrogen-bond donors (Lipinski definition) is 0. The Morgan fingerprint density at radius 2 is 0.459 bits per heavy atom. The van der Waals surface area contributed by atoms with Gasteiger partial charge in [-0.3, -0.25) is 0 Å². The molecule has 135 heavy (non-hydrogen) atoms. The molecular formula is C133H98N2. The van der Waals surface area contributed by atoms with Crippen molar-refractivity contribution in [3.63, 3.8) is 0 Å². The molecular weight excluding hydrogens is 1630 g/mol. The van der Waals surface area contributed by atoms with E-state index in [1.807, 2.05) is 0 Å². The first-order valence-corrected chi connectivity index (χ1v) is 47.3. The minimum absolute atomic E-state index is 0.00886. The lowest BCUT2D eigenvalue weighted by Crippen LogP contribution is -2.26. The van der Waals surface area contributed by atoms with E-state index < -0.39 is 5.41 Å². The number of nitrogens with zero attached hydrogens (tertiary/aromatic N) is 2. The maximum Gasteiger partial charge on any atom is 0.0726 e. The van der Waals surface area contributed by atoms with Gasteiger partial charge >= 0.3 is 0 Å². The van der Waals surface area contributed by atoms with Gasteiger partial charge in [0.05, 0.1) is 5.41 Å². The van der Waals surface area contributed by atoms with Crippen LogP contribution in [-0.2, 0) is 16.2 Å². The third-order valence-corrected chi connectivity index (χ3v) is 28.6. The van der Waals surface area contributed by atoms with Crippen molar-refractivity contribution in [1.29, 1.82) is 0 Å². The van der Waals surface area contributed by atoms with Crippen molar-refractivity contribution in [2.24, 2.45) is 0 Å². The van der Waals surface area contributed by atoms with Crippen LogP contribution in [0.1, 0.15) is 74.9 Å². The molecule has 2 aliphatic carbocycles. The molecule has 0 aromatic heterocycles. The Labute approximate surface area is 790 Å². The molecule has 2 nitrogen and oxygen atoms in total. The molecule has 2 aliphatic rings. The first kappa shape index (κ1) is 81.7. The second-order valence-corrected chi connectivity index (χ2v) is 38.4. The number of benzene rings is 23. The fourth-order valence-electron chi connectivity index (χ4n) is 22.3. The van der Waals surface area contributed by atoms with E-state index >= 15 is 0 Å². The number of fused-ring (bicyclic) bond motifs is 23. The van der Waals surface area contributed by atoms with Crippen molar-refractivity contribution in [3.8, 4) is 100 Å². The molecule has 0 amide bonds. The molecule has 640 valence electrons. The highest BCUT2D eigenvalue weighted by atomic mass is 15.1. The van der Waals surface area contributed by atoms with Crippen molar-refractivity contribution in [2.75, 3.05) is 9.80 Å². The molecule has 23 aromatic carbocycles. The molecule has 0 saturated heterocycles. The average Bonchev–Trinajstić information content (AvgIpc) is 1.49. The van der Waals surface area contributed by atoms with Crippen LogP contribution in [0.25, 0.3) is 176 Å². The van der Waals surface area contributed by atoms with E-state index in [4.69, 9.17) is 0 Å². The van der Waals surface area contributed by atoms with Crippen LogP contribution in [0.4, 0.5) is 34.1 Å². The van der Waals surface area contributed by atoms with Gasteiger partial charge in [0, 0.05) is 34.1 Å². The maximum atomic E-state index is 2.51. The van der Waals surface area contributed by atoms with Gasteiger partial charge in [-0.1, -0.05) is 436 Å². The van der Waals surface area contributed by atoms with E-state index in [0.717, 1.165) is 34.1 Å². The van der Waals surface area contributed by atoms with Gasteiger partial charge in [-0.05, 0) is 311 Å². The van der Waals surface area contributed by atoms with Gasteiger partial charge in [0.15, 0.2) is 0 Å². The standard InChI is InChI=1S/C71H51N.C62H47N/c1-70(2,3)49-35-37-50(38-36-49)72(52-39-41-57-56-30-17-20-34-65(56)71(66(57)44-52)63-32-18-15-28-54(63)55-29-16-19-33-64(55)71)51-40-42-59-62(43-51)53-27-13-14-31-58(53)68-61(47-23-9-5-10-24-47)45-60(46-21-7-4-8-22-46)67(69(59)68)48-25-11-6-12-26-48;1-62(2,3)49-31-35-51(36-32-49)63(50-33-29-43(30-34-50)48-28-27-42-17-13-14-24-47(42)39-48)52-37-38-55-58(40-52)53-25-15-16-26-54(53)60-57(45-20-9-5-10-21-45)41-56(44-18-7-4-8-19-44)59(61(55)60)46-22-11-6-12-23-46/h4-45H,1-3H3;4-41H,1-3H3. The molecule has 0 saturated carbocycles. The van der Waals surface area contributed by atoms with Crippen LogP contribution in [0.3, 0.4) is 0 Å². The Balaban J connectivity index is 0.000000149. The second-order valence-electron chi connectivity index (χ2n) is 38.4. The Morgan fingerprint density at radius 1 is 0.163 bits per heavy atom. The number of hydrogen-bond acceptors (Lipinski definition) is 2. The fourth-order valence-corrected chi connectivity index (χ4v) is 22.3. The first-order chi connectivity index (χ1) is 66.3. The normalized spacial score (nSPS) is 12.4. The van der Waals surface area contributed by atoms with E-state index in [-0.39, 0.29) is 10.8 Å². The van der Waals surface area contributed by atoms with E-state index in [1.165, 1.54) is 209 Å². The first-order valence-electron chi connectivity index (χ1n) is 47.3. The molecule has 0 atom stereocenters. The van der Waals surface area contributed by atoms with Gasteiger partial charge in [0.1, 0.15) is 0 Å². The lowest BCUT2D eigenvalue weighted by molar-refractivity contribution is 0.590. The van der Waals surface area contributed by atoms with Crippen molar-refractivity contribution in [3.05, 3.63) is 519 Å². The van der Waals surface area contributed by atoms with Crippen LogP contribution in [0.2, 0.25) is 0 Å². The summed E-state index contributed by atoms with van der Waals surface area (Å²) in [5.41, 5.74) is 36.5. The molecule has 0 N–H and O–H groups in total. The third-order valence-electron chi connectivity index (χ3n) is 28.6. The molecule has 25 rings (SSSR count). The van der Waals surface area contributed by atoms with Gasteiger partial charge in [-0.15, -0.1) is 0 Å². The van der Waals surface area contributed by atoms with Gasteiger partial charge in [0.25, 0.3) is 0 Å². The van der Waals surface area contributed by atoms with E-state index in [9.17, 15) is 0 Å².